The van der Waals surface area contributed by atoms with E-state index in [2.05, 4.69) is 52.1 Å². The predicted molar refractivity (Wildman–Crippen MR) is 64.7 cm³/mol. The van der Waals surface area contributed by atoms with Crippen LogP contribution in [-0.4, -0.2) is 4.98 Å². The molecule has 0 saturated heterocycles. The number of nitrogens with zero attached hydrogens (tertiary/aromatic N) is 1. The lowest BCUT2D eigenvalue weighted by Gasteiger charge is -1.99. The van der Waals surface area contributed by atoms with Gasteiger partial charge in [-0.3, -0.25) is 0 Å². The number of aromatic nitrogens is 1. The number of aryl methyl sites for hydroxylation is 2. The first-order valence-electron chi connectivity index (χ1n) is 4.37. The summed E-state index contributed by atoms with van der Waals surface area (Å²) in [5.41, 5.74) is 3.63. The molecule has 1 aromatic heterocycles. The first-order chi connectivity index (χ1) is 6.66. The lowest BCUT2D eigenvalue weighted by atomic mass is 10.1. The second-order valence-electron chi connectivity index (χ2n) is 3.25. The van der Waals surface area contributed by atoms with Gasteiger partial charge in [0.15, 0.2) is 3.92 Å². The van der Waals surface area contributed by atoms with Crippen molar-refractivity contribution in [1.82, 2.24) is 4.98 Å². The van der Waals surface area contributed by atoms with E-state index in [0.717, 1.165) is 9.61 Å². The molecule has 2 rings (SSSR count). The summed E-state index contributed by atoms with van der Waals surface area (Å²) in [5.74, 6) is 0. The third kappa shape index (κ3) is 1.88. The molecule has 0 bridgehead atoms. The van der Waals surface area contributed by atoms with Crippen LogP contribution in [0.25, 0.3) is 10.4 Å². The fourth-order valence-electron chi connectivity index (χ4n) is 1.42. The quantitative estimate of drug-likeness (QED) is 0.755. The Labute approximate surface area is 95.9 Å². The van der Waals surface area contributed by atoms with E-state index in [9.17, 15) is 0 Å². The van der Waals surface area contributed by atoms with E-state index in [4.69, 9.17) is 0 Å². The van der Waals surface area contributed by atoms with Crippen molar-refractivity contribution in [3.63, 3.8) is 0 Å². The first-order valence-corrected chi connectivity index (χ1v) is 5.98. The summed E-state index contributed by atoms with van der Waals surface area (Å²) in [6.45, 7) is 4.15. The van der Waals surface area contributed by atoms with Gasteiger partial charge in [-0.25, -0.2) is 4.98 Å². The summed E-state index contributed by atoms with van der Waals surface area (Å²) in [5, 5.41) is 0. The van der Waals surface area contributed by atoms with Crippen molar-refractivity contribution in [2.75, 3.05) is 0 Å². The summed E-state index contributed by atoms with van der Waals surface area (Å²) < 4.78 is 0.950. The molecule has 1 aromatic carbocycles. The molecular formula is C11H10BrNS. The molecule has 0 atom stereocenters. The molecule has 0 aliphatic heterocycles. The summed E-state index contributed by atoms with van der Waals surface area (Å²) in [6, 6.07) is 8.50. The number of hydrogen-bond donors (Lipinski definition) is 0. The van der Waals surface area contributed by atoms with Gasteiger partial charge in [0, 0.05) is 0 Å². The molecule has 14 heavy (non-hydrogen) atoms. The van der Waals surface area contributed by atoms with Crippen LogP contribution in [0, 0.1) is 13.8 Å². The average molecular weight is 268 g/mol. The summed E-state index contributed by atoms with van der Waals surface area (Å²) in [7, 11) is 0. The Morgan fingerprint density at radius 2 is 2.07 bits per heavy atom. The molecular weight excluding hydrogens is 258 g/mol. The average Bonchev–Trinajstić information content (AvgIpc) is 2.45. The van der Waals surface area contributed by atoms with Crippen molar-refractivity contribution in [3.05, 3.63) is 39.4 Å². The van der Waals surface area contributed by atoms with Gasteiger partial charge in [0.2, 0.25) is 0 Å². The van der Waals surface area contributed by atoms with Gasteiger partial charge in [0.1, 0.15) is 0 Å². The number of rotatable bonds is 1. The van der Waals surface area contributed by atoms with Crippen LogP contribution in [0.2, 0.25) is 0 Å². The normalized spacial score (nSPS) is 10.5. The zero-order valence-corrected chi connectivity index (χ0v) is 10.4. The highest BCUT2D eigenvalue weighted by atomic mass is 79.9. The molecule has 2 aromatic rings. The minimum absolute atomic E-state index is 0.950. The van der Waals surface area contributed by atoms with E-state index in [-0.39, 0.29) is 0 Å². The van der Waals surface area contributed by atoms with Gasteiger partial charge in [0.05, 0.1) is 10.6 Å². The maximum absolute atomic E-state index is 4.35. The molecule has 3 heteroatoms. The van der Waals surface area contributed by atoms with Crippen molar-refractivity contribution < 1.29 is 0 Å². The van der Waals surface area contributed by atoms with Gasteiger partial charge >= 0.3 is 0 Å². The van der Waals surface area contributed by atoms with Crippen LogP contribution in [0.1, 0.15) is 11.3 Å². The molecule has 72 valence electrons. The van der Waals surface area contributed by atoms with Gasteiger partial charge in [-0.15, -0.1) is 11.3 Å². The van der Waals surface area contributed by atoms with Gasteiger partial charge in [-0.1, -0.05) is 29.8 Å². The second kappa shape index (κ2) is 3.83. The number of halogens is 1. The molecule has 0 saturated carbocycles. The minimum Gasteiger partial charge on any atom is -0.234 e. The van der Waals surface area contributed by atoms with E-state index >= 15 is 0 Å². The van der Waals surface area contributed by atoms with Crippen molar-refractivity contribution in [3.8, 4) is 10.4 Å². The van der Waals surface area contributed by atoms with Gasteiger partial charge in [-0.2, -0.15) is 0 Å². The Balaban J connectivity index is 2.54. The Bertz CT molecular complexity index is 462. The molecule has 1 heterocycles. The zero-order valence-electron chi connectivity index (χ0n) is 8.04. The Morgan fingerprint density at radius 1 is 1.29 bits per heavy atom. The maximum Gasteiger partial charge on any atom is 0.159 e. The molecule has 0 amide bonds. The van der Waals surface area contributed by atoms with Gasteiger partial charge in [0.25, 0.3) is 0 Å². The highest BCUT2D eigenvalue weighted by molar-refractivity contribution is 9.11. The SMILES string of the molecule is Cc1cccc(-c2sc(Br)nc2C)c1. The van der Waals surface area contributed by atoms with Crippen LogP contribution >= 0.6 is 27.3 Å². The second-order valence-corrected chi connectivity index (χ2v) is 5.53. The molecule has 0 N–H and O–H groups in total. The summed E-state index contributed by atoms with van der Waals surface area (Å²) in [6.07, 6.45) is 0. The lowest BCUT2D eigenvalue weighted by molar-refractivity contribution is 1.24. The molecule has 0 fully saturated rings. The van der Waals surface area contributed by atoms with Crippen LogP contribution in [-0.2, 0) is 0 Å². The molecule has 0 aliphatic carbocycles. The highest BCUT2D eigenvalue weighted by Crippen LogP contribution is 2.32. The van der Waals surface area contributed by atoms with Crippen molar-refractivity contribution in [2.45, 2.75) is 13.8 Å². The highest BCUT2D eigenvalue weighted by Gasteiger charge is 2.07. The van der Waals surface area contributed by atoms with E-state index < -0.39 is 0 Å². The Morgan fingerprint density at radius 3 is 2.64 bits per heavy atom. The summed E-state index contributed by atoms with van der Waals surface area (Å²) >= 11 is 5.09. The molecule has 0 unspecified atom stereocenters. The smallest absolute Gasteiger partial charge is 0.159 e. The van der Waals surface area contributed by atoms with Crippen molar-refractivity contribution in [2.24, 2.45) is 0 Å². The standard InChI is InChI=1S/C11H10BrNS/c1-7-4-3-5-9(6-7)10-8(2)13-11(12)14-10/h3-6H,1-2H3. The van der Waals surface area contributed by atoms with Crippen molar-refractivity contribution >= 4 is 27.3 Å². The van der Waals surface area contributed by atoms with Crippen LogP contribution in [0.3, 0.4) is 0 Å². The monoisotopic (exact) mass is 267 g/mol. The topological polar surface area (TPSA) is 12.9 Å². The number of thiazole rings is 1. The van der Waals surface area contributed by atoms with Gasteiger partial charge in [-0.05, 0) is 35.3 Å². The van der Waals surface area contributed by atoms with Crippen LogP contribution in [0.5, 0.6) is 0 Å². The first kappa shape index (κ1) is 9.87. The van der Waals surface area contributed by atoms with E-state index in [0.29, 0.717) is 0 Å². The molecule has 0 aliphatic rings. The van der Waals surface area contributed by atoms with E-state index in [1.165, 1.54) is 16.0 Å². The van der Waals surface area contributed by atoms with E-state index in [1.807, 2.05) is 6.92 Å². The van der Waals surface area contributed by atoms with Crippen LogP contribution < -0.4 is 0 Å². The maximum atomic E-state index is 4.35. The molecule has 0 radical (unpaired) electrons. The minimum atomic E-state index is 0.950. The fourth-order valence-corrected chi connectivity index (χ4v) is 2.96. The molecule has 0 spiro atoms. The third-order valence-corrected chi connectivity index (χ3v) is 3.71. The summed E-state index contributed by atoms with van der Waals surface area (Å²) in [4.78, 5) is 5.60. The molecule has 1 nitrogen and oxygen atoms in total. The number of benzene rings is 1. The number of hydrogen-bond acceptors (Lipinski definition) is 2. The third-order valence-electron chi connectivity index (χ3n) is 2.05. The largest absolute Gasteiger partial charge is 0.234 e. The van der Waals surface area contributed by atoms with Crippen molar-refractivity contribution in [1.29, 1.82) is 0 Å². The lowest BCUT2D eigenvalue weighted by Crippen LogP contribution is -1.78. The van der Waals surface area contributed by atoms with Gasteiger partial charge < -0.3 is 0 Å². The van der Waals surface area contributed by atoms with Crippen LogP contribution in [0.15, 0.2) is 28.2 Å². The zero-order chi connectivity index (χ0) is 10.1. The fraction of sp³-hybridized carbons (Fsp3) is 0.182. The van der Waals surface area contributed by atoms with Crippen LogP contribution in [0.4, 0.5) is 0 Å². The van der Waals surface area contributed by atoms with E-state index in [1.54, 1.807) is 11.3 Å². The Kier molecular flexibility index (Phi) is 2.70. The predicted octanol–water partition coefficient (Wildman–Crippen LogP) is 4.19. The Hall–Kier alpha value is -0.670.